The van der Waals surface area contributed by atoms with Crippen molar-refractivity contribution in [3.05, 3.63) is 0 Å². The van der Waals surface area contributed by atoms with Crippen LogP contribution in [0.15, 0.2) is 0 Å². The van der Waals surface area contributed by atoms with Crippen LogP contribution in [0.4, 0.5) is 0 Å². The van der Waals surface area contributed by atoms with Gasteiger partial charge in [-0.05, 0) is 33.6 Å². The van der Waals surface area contributed by atoms with Gasteiger partial charge in [0.25, 0.3) is 6.47 Å². The minimum absolute atomic E-state index is 0.205. The number of carbonyl (C=O) groups excluding carboxylic acids is 2. The van der Waals surface area contributed by atoms with Gasteiger partial charge in [-0.2, -0.15) is 0 Å². The summed E-state index contributed by atoms with van der Waals surface area (Å²) in [5, 5.41) is 0. The molecule has 0 spiro atoms. The van der Waals surface area contributed by atoms with E-state index in [-0.39, 0.29) is 5.97 Å². The summed E-state index contributed by atoms with van der Waals surface area (Å²) >= 11 is 0. The van der Waals surface area contributed by atoms with Crippen LogP contribution in [0, 0.1) is 0 Å². The summed E-state index contributed by atoms with van der Waals surface area (Å²) in [5.41, 5.74) is -0.420. The van der Waals surface area contributed by atoms with Gasteiger partial charge in [0.15, 0.2) is 0 Å². The van der Waals surface area contributed by atoms with Crippen LogP contribution in [0.3, 0.4) is 0 Å². The van der Waals surface area contributed by atoms with E-state index in [1.54, 1.807) is 0 Å². The Bertz CT molecular complexity index is 181. The molecule has 82 valence electrons. The van der Waals surface area contributed by atoms with E-state index in [0.717, 1.165) is 0 Å². The molecule has 0 saturated heterocycles. The predicted octanol–water partition coefficient (Wildman–Crippen LogP) is 1.67. The lowest BCUT2D eigenvalue weighted by atomic mass is 10.2. The van der Waals surface area contributed by atoms with E-state index in [4.69, 9.17) is 4.74 Å². The standard InChI is InChI=1S/C10H18O4/c1-10(2,3)14-9(12)6-4-5-7-13-8-11/h8H,4-7H2,1-3H3. The van der Waals surface area contributed by atoms with E-state index < -0.39 is 5.60 Å². The van der Waals surface area contributed by atoms with Crippen molar-refractivity contribution in [2.45, 2.75) is 45.6 Å². The monoisotopic (exact) mass is 202 g/mol. The van der Waals surface area contributed by atoms with E-state index in [1.165, 1.54) is 0 Å². The average molecular weight is 202 g/mol. The summed E-state index contributed by atoms with van der Waals surface area (Å²) < 4.78 is 9.58. The Morgan fingerprint density at radius 3 is 2.43 bits per heavy atom. The molecule has 0 fully saturated rings. The normalized spacial score (nSPS) is 10.8. The van der Waals surface area contributed by atoms with Crippen LogP contribution in [-0.4, -0.2) is 24.6 Å². The Labute approximate surface area is 84.6 Å². The second-order valence-electron chi connectivity index (χ2n) is 4.01. The lowest BCUT2D eigenvalue weighted by molar-refractivity contribution is -0.154. The maximum absolute atomic E-state index is 11.2. The number of unbranched alkanes of at least 4 members (excludes halogenated alkanes) is 1. The minimum atomic E-state index is -0.420. The summed E-state index contributed by atoms with van der Waals surface area (Å²) in [5.74, 6) is -0.205. The van der Waals surface area contributed by atoms with Crippen LogP contribution in [-0.2, 0) is 19.1 Å². The number of rotatable bonds is 6. The number of ether oxygens (including phenoxy) is 2. The smallest absolute Gasteiger partial charge is 0.306 e. The molecule has 0 heterocycles. The van der Waals surface area contributed by atoms with Crippen molar-refractivity contribution in [2.75, 3.05) is 6.61 Å². The summed E-state index contributed by atoms with van der Waals surface area (Å²) in [6, 6.07) is 0. The average Bonchev–Trinajstić information content (AvgIpc) is 2.00. The van der Waals surface area contributed by atoms with Gasteiger partial charge < -0.3 is 9.47 Å². The Morgan fingerprint density at radius 1 is 1.29 bits per heavy atom. The van der Waals surface area contributed by atoms with Gasteiger partial charge >= 0.3 is 5.97 Å². The summed E-state index contributed by atoms with van der Waals surface area (Å²) in [6.07, 6.45) is 1.75. The minimum Gasteiger partial charge on any atom is -0.468 e. The Morgan fingerprint density at radius 2 is 1.93 bits per heavy atom. The zero-order valence-electron chi connectivity index (χ0n) is 9.04. The molecule has 0 aromatic rings. The van der Waals surface area contributed by atoms with Crippen molar-refractivity contribution in [1.29, 1.82) is 0 Å². The van der Waals surface area contributed by atoms with Gasteiger partial charge in [0.1, 0.15) is 5.60 Å². The van der Waals surface area contributed by atoms with E-state index in [1.807, 2.05) is 20.8 Å². The molecule has 0 rings (SSSR count). The number of hydrogen-bond acceptors (Lipinski definition) is 4. The molecule has 0 N–H and O–H groups in total. The first-order valence-corrected chi connectivity index (χ1v) is 4.73. The van der Waals surface area contributed by atoms with E-state index in [0.29, 0.717) is 32.3 Å². The molecule has 0 atom stereocenters. The second kappa shape index (κ2) is 6.40. The molecule has 14 heavy (non-hydrogen) atoms. The molecular formula is C10H18O4. The van der Waals surface area contributed by atoms with Crippen molar-refractivity contribution < 1.29 is 19.1 Å². The number of hydrogen-bond donors (Lipinski definition) is 0. The van der Waals surface area contributed by atoms with Gasteiger partial charge in [0, 0.05) is 6.42 Å². The van der Waals surface area contributed by atoms with Crippen molar-refractivity contribution in [3.8, 4) is 0 Å². The van der Waals surface area contributed by atoms with Crippen LogP contribution in [0.1, 0.15) is 40.0 Å². The van der Waals surface area contributed by atoms with Gasteiger partial charge in [-0.1, -0.05) is 0 Å². The molecule has 0 amide bonds. The third-order valence-corrected chi connectivity index (χ3v) is 1.38. The highest BCUT2D eigenvalue weighted by molar-refractivity contribution is 5.69. The van der Waals surface area contributed by atoms with Gasteiger partial charge in [-0.15, -0.1) is 0 Å². The Balaban J connectivity index is 3.41. The lowest BCUT2D eigenvalue weighted by Gasteiger charge is -2.19. The fourth-order valence-corrected chi connectivity index (χ4v) is 0.895. The quantitative estimate of drug-likeness (QED) is 0.373. The highest BCUT2D eigenvalue weighted by Crippen LogP contribution is 2.09. The van der Waals surface area contributed by atoms with Crippen LogP contribution >= 0.6 is 0 Å². The van der Waals surface area contributed by atoms with E-state index in [9.17, 15) is 9.59 Å². The van der Waals surface area contributed by atoms with Crippen LogP contribution < -0.4 is 0 Å². The summed E-state index contributed by atoms with van der Waals surface area (Å²) in [6.45, 7) is 6.28. The zero-order chi connectivity index (χ0) is 11.0. The molecule has 0 aliphatic rings. The molecule has 0 unspecified atom stereocenters. The maximum Gasteiger partial charge on any atom is 0.306 e. The largest absolute Gasteiger partial charge is 0.468 e. The fourth-order valence-electron chi connectivity index (χ4n) is 0.895. The molecule has 0 bridgehead atoms. The zero-order valence-corrected chi connectivity index (χ0v) is 9.04. The van der Waals surface area contributed by atoms with E-state index >= 15 is 0 Å². The third-order valence-electron chi connectivity index (χ3n) is 1.38. The number of carbonyl (C=O) groups is 2. The number of esters is 1. The fraction of sp³-hybridized carbons (Fsp3) is 0.800. The van der Waals surface area contributed by atoms with Crippen molar-refractivity contribution >= 4 is 12.4 Å². The van der Waals surface area contributed by atoms with Crippen molar-refractivity contribution in [1.82, 2.24) is 0 Å². The Hall–Kier alpha value is -1.06. The second-order valence-corrected chi connectivity index (χ2v) is 4.01. The van der Waals surface area contributed by atoms with Crippen molar-refractivity contribution in [3.63, 3.8) is 0 Å². The predicted molar refractivity (Wildman–Crippen MR) is 51.7 cm³/mol. The highest BCUT2D eigenvalue weighted by atomic mass is 16.6. The molecular weight excluding hydrogens is 184 g/mol. The van der Waals surface area contributed by atoms with Gasteiger partial charge in [-0.3, -0.25) is 9.59 Å². The summed E-state index contributed by atoms with van der Waals surface area (Å²) in [7, 11) is 0. The molecule has 0 saturated carbocycles. The molecule has 0 aromatic heterocycles. The molecule has 0 aromatic carbocycles. The summed E-state index contributed by atoms with van der Waals surface area (Å²) in [4.78, 5) is 20.9. The van der Waals surface area contributed by atoms with Gasteiger partial charge in [0.05, 0.1) is 6.61 Å². The van der Waals surface area contributed by atoms with Crippen LogP contribution in [0.25, 0.3) is 0 Å². The van der Waals surface area contributed by atoms with Gasteiger partial charge in [0.2, 0.25) is 0 Å². The van der Waals surface area contributed by atoms with Crippen molar-refractivity contribution in [2.24, 2.45) is 0 Å². The molecule has 4 nitrogen and oxygen atoms in total. The van der Waals surface area contributed by atoms with Crippen LogP contribution in [0.5, 0.6) is 0 Å². The first kappa shape index (κ1) is 12.9. The molecule has 0 aliphatic carbocycles. The highest BCUT2D eigenvalue weighted by Gasteiger charge is 2.15. The molecule has 0 aliphatic heterocycles. The first-order chi connectivity index (χ1) is 6.45. The van der Waals surface area contributed by atoms with E-state index in [2.05, 4.69) is 4.74 Å². The first-order valence-electron chi connectivity index (χ1n) is 4.73. The molecule has 0 radical (unpaired) electrons. The Kier molecular flexibility index (Phi) is 5.92. The maximum atomic E-state index is 11.2. The molecule has 4 heteroatoms. The third kappa shape index (κ3) is 9.03. The lowest BCUT2D eigenvalue weighted by Crippen LogP contribution is -2.23. The topological polar surface area (TPSA) is 52.6 Å². The van der Waals surface area contributed by atoms with Crippen LogP contribution in [0.2, 0.25) is 0 Å². The van der Waals surface area contributed by atoms with Gasteiger partial charge in [-0.25, -0.2) is 0 Å². The SMILES string of the molecule is CC(C)(C)OC(=O)CCCCOC=O.